The molecule has 0 aliphatic carbocycles. The zero-order valence-electron chi connectivity index (χ0n) is 30.5. The molecule has 2 aliphatic rings. The predicted molar refractivity (Wildman–Crippen MR) is 206 cm³/mol. The van der Waals surface area contributed by atoms with E-state index in [0.29, 0.717) is 56.6 Å². The van der Waals surface area contributed by atoms with Crippen molar-refractivity contribution in [3.05, 3.63) is 130 Å². The number of hydrogen-bond acceptors (Lipinski definition) is 8. The Morgan fingerprint density at radius 1 is 0.815 bits per heavy atom. The van der Waals surface area contributed by atoms with Crippen molar-refractivity contribution in [2.24, 2.45) is 0 Å². The summed E-state index contributed by atoms with van der Waals surface area (Å²) in [5, 5.41) is 33.4. The van der Waals surface area contributed by atoms with Crippen molar-refractivity contribution < 1.29 is 34.5 Å². The summed E-state index contributed by atoms with van der Waals surface area (Å²) in [5.74, 6) is -0.462. The first-order valence-electron chi connectivity index (χ1n) is 18.8. The highest BCUT2D eigenvalue weighted by Gasteiger charge is 2.37. The normalized spacial score (nSPS) is 20.0. The highest BCUT2D eigenvalue weighted by atomic mass is 35.5. The maximum absolute atomic E-state index is 12.6. The van der Waals surface area contributed by atoms with Crippen LogP contribution in [0.5, 0.6) is 0 Å². The van der Waals surface area contributed by atoms with E-state index in [-0.39, 0.29) is 31.1 Å². The summed E-state index contributed by atoms with van der Waals surface area (Å²) in [6.07, 6.45) is 3.61. The third-order valence-electron chi connectivity index (χ3n) is 10.6. The van der Waals surface area contributed by atoms with E-state index in [1.807, 2.05) is 84.9 Å². The largest absolute Gasteiger partial charge is 0.392 e. The summed E-state index contributed by atoms with van der Waals surface area (Å²) in [6.45, 7) is 2.56. The lowest BCUT2D eigenvalue weighted by molar-refractivity contribution is -0.253. The standard InChI is InChI=1S/C43H50ClN3O7/c44-36-20-18-35(19-21-36)43(51)22-24-47(25-23-43)28-37-26-39(32-12-10-30(29-48)11-13-32)54-42(53-37)33-16-14-31(15-17-33)38-7-5-4-6-34(38)27-45-40(49)8-2-1-3-9-41(50)46-52/h4-7,10-21,37,39,42,48,51-52H,1-3,8-9,22-29H2,(H,45,49)(H,46,50). The first-order valence-corrected chi connectivity index (χ1v) is 19.2. The van der Waals surface area contributed by atoms with Crippen LogP contribution in [0, 0.1) is 0 Å². The van der Waals surface area contributed by atoms with Gasteiger partial charge in [-0.25, -0.2) is 5.48 Å². The van der Waals surface area contributed by atoms with Crippen LogP contribution in [0.15, 0.2) is 97.1 Å². The number of aliphatic hydroxyl groups excluding tert-OH is 1. The van der Waals surface area contributed by atoms with Crippen LogP contribution >= 0.6 is 11.6 Å². The summed E-state index contributed by atoms with van der Waals surface area (Å²) >= 11 is 6.10. The van der Waals surface area contributed by atoms with Gasteiger partial charge in [0.25, 0.3) is 0 Å². The Bertz CT molecular complexity index is 1810. The molecule has 4 aromatic carbocycles. The van der Waals surface area contributed by atoms with E-state index in [1.165, 1.54) is 0 Å². The van der Waals surface area contributed by atoms with Crippen molar-refractivity contribution in [2.75, 3.05) is 19.6 Å². The van der Waals surface area contributed by atoms with Crippen molar-refractivity contribution in [3.63, 3.8) is 0 Å². The number of carbonyl (C=O) groups excluding carboxylic acids is 2. The van der Waals surface area contributed by atoms with Gasteiger partial charge < -0.3 is 29.9 Å². The lowest BCUT2D eigenvalue weighted by Gasteiger charge is -2.42. The third kappa shape index (κ3) is 10.5. The molecular weight excluding hydrogens is 706 g/mol. The molecule has 0 bridgehead atoms. The monoisotopic (exact) mass is 755 g/mol. The van der Waals surface area contributed by atoms with Crippen molar-refractivity contribution in [1.82, 2.24) is 15.7 Å². The van der Waals surface area contributed by atoms with E-state index in [1.54, 1.807) is 5.48 Å². The van der Waals surface area contributed by atoms with Crippen LogP contribution in [0.4, 0.5) is 0 Å². The molecule has 286 valence electrons. The fourth-order valence-corrected chi connectivity index (χ4v) is 7.46. The number of hydroxylamine groups is 1. The first-order chi connectivity index (χ1) is 26.2. The zero-order valence-corrected chi connectivity index (χ0v) is 31.2. The second-order valence-electron chi connectivity index (χ2n) is 14.3. The van der Waals surface area contributed by atoms with Gasteiger partial charge in [-0.15, -0.1) is 0 Å². The number of rotatable bonds is 15. The molecule has 2 heterocycles. The Morgan fingerprint density at radius 3 is 2.17 bits per heavy atom. The Morgan fingerprint density at radius 2 is 1.48 bits per heavy atom. The summed E-state index contributed by atoms with van der Waals surface area (Å²) < 4.78 is 13.3. The van der Waals surface area contributed by atoms with Crippen LogP contribution in [-0.4, -0.2) is 57.9 Å². The van der Waals surface area contributed by atoms with Gasteiger partial charge in [-0.1, -0.05) is 103 Å². The van der Waals surface area contributed by atoms with E-state index >= 15 is 0 Å². The first kappa shape index (κ1) is 39.6. The van der Waals surface area contributed by atoms with Crippen LogP contribution in [0.3, 0.4) is 0 Å². The number of halogens is 1. The Labute approximate surface area is 322 Å². The number of amides is 2. The molecule has 0 saturated carbocycles. The maximum atomic E-state index is 12.6. The van der Waals surface area contributed by atoms with E-state index in [0.717, 1.165) is 58.5 Å². The lowest BCUT2D eigenvalue weighted by atomic mass is 9.84. The maximum Gasteiger partial charge on any atom is 0.243 e. The zero-order chi connectivity index (χ0) is 37.9. The van der Waals surface area contributed by atoms with Gasteiger partial charge in [-0.3, -0.25) is 14.8 Å². The third-order valence-corrected chi connectivity index (χ3v) is 10.8. The van der Waals surface area contributed by atoms with Crippen LogP contribution in [0.2, 0.25) is 5.02 Å². The van der Waals surface area contributed by atoms with Crippen LogP contribution in [0.1, 0.15) is 91.6 Å². The number of carbonyl (C=O) groups is 2. The number of hydrogen-bond donors (Lipinski definition) is 5. The highest BCUT2D eigenvalue weighted by Crippen LogP contribution is 2.40. The Hall–Kier alpha value is -4.13. The molecule has 2 fully saturated rings. The second kappa shape index (κ2) is 19.0. The van der Waals surface area contributed by atoms with Crippen LogP contribution < -0.4 is 10.8 Å². The minimum absolute atomic E-state index is 0.0195. The Kier molecular flexibility index (Phi) is 13.9. The number of ether oxygens (including phenoxy) is 2. The molecule has 2 aliphatic heterocycles. The molecule has 3 unspecified atom stereocenters. The van der Waals surface area contributed by atoms with Gasteiger partial charge >= 0.3 is 0 Å². The molecule has 0 radical (unpaired) electrons. The Balaban J connectivity index is 1.10. The molecule has 0 spiro atoms. The molecule has 4 aromatic rings. The summed E-state index contributed by atoms with van der Waals surface area (Å²) in [4.78, 5) is 26.1. The van der Waals surface area contributed by atoms with Crippen molar-refractivity contribution in [2.45, 2.75) is 88.6 Å². The van der Waals surface area contributed by atoms with Gasteiger partial charge in [-0.05, 0) is 71.2 Å². The molecular formula is C43H50ClN3O7. The number of likely N-dealkylation sites (tertiary alicyclic amines) is 1. The molecule has 11 heteroatoms. The number of nitrogens with one attached hydrogen (secondary N) is 2. The smallest absolute Gasteiger partial charge is 0.243 e. The molecule has 10 nitrogen and oxygen atoms in total. The topological polar surface area (TPSA) is 141 Å². The fourth-order valence-electron chi connectivity index (χ4n) is 7.34. The van der Waals surface area contributed by atoms with Crippen molar-refractivity contribution in [1.29, 1.82) is 0 Å². The van der Waals surface area contributed by atoms with Gasteiger partial charge in [-0.2, -0.15) is 0 Å². The fraction of sp³-hybridized carbons (Fsp3) is 0.395. The van der Waals surface area contributed by atoms with Crippen LogP contribution in [-0.2, 0) is 37.8 Å². The van der Waals surface area contributed by atoms with E-state index < -0.39 is 17.8 Å². The van der Waals surface area contributed by atoms with E-state index in [4.69, 9.17) is 26.3 Å². The quantitative estimate of drug-likeness (QED) is 0.0492. The van der Waals surface area contributed by atoms with Gasteiger partial charge in [0.15, 0.2) is 6.29 Å². The van der Waals surface area contributed by atoms with Crippen LogP contribution in [0.25, 0.3) is 11.1 Å². The molecule has 0 aromatic heterocycles. The molecule has 6 rings (SSSR count). The molecule has 3 atom stereocenters. The number of piperidine rings is 1. The average molecular weight is 756 g/mol. The molecule has 2 amide bonds. The summed E-state index contributed by atoms with van der Waals surface area (Å²) in [7, 11) is 0. The van der Waals surface area contributed by atoms with Crippen molar-refractivity contribution >= 4 is 23.4 Å². The van der Waals surface area contributed by atoms with Gasteiger partial charge in [0.05, 0.1) is 24.4 Å². The number of unbranched alkanes of at least 4 members (excludes halogenated alkanes) is 2. The summed E-state index contributed by atoms with van der Waals surface area (Å²) in [5.41, 5.74) is 7.45. The predicted octanol–water partition coefficient (Wildman–Crippen LogP) is 7.10. The number of benzene rings is 4. The average Bonchev–Trinajstić information content (AvgIpc) is 3.21. The number of nitrogens with zero attached hydrogens (tertiary/aromatic N) is 1. The van der Waals surface area contributed by atoms with E-state index in [2.05, 4.69) is 22.3 Å². The minimum Gasteiger partial charge on any atom is -0.392 e. The van der Waals surface area contributed by atoms with Gasteiger partial charge in [0.1, 0.15) is 0 Å². The molecule has 2 saturated heterocycles. The van der Waals surface area contributed by atoms with Gasteiger partial charge in [0.2, 0.25) is 11.8 Å². The number of aliphatic hydroxyl groups is 2. The lowest BCUT2D eigenvalue weighted by Crippen LogP contribution is -2.46. The highest BCUT2D eigenvalue weighted by molar-refractivity contribution is 6.30. The molecule has 54 heavy (non-hydrogen) atoms. The SMILES string of the molecule is O=C(CCCCCC(=O)NCc1ccccc1-c1ccc(C2OC(CN3CCC(O)(c4ccc(Cl)cc4)CC3)CC(c3ccc(CO)cc3)O2)cc1)NO. The van der Waals surface area contributed by atoms with Gasteiger partial charge in [0, 0.05) is 56.0 Å². The second-order valence-corrected chi connectivity index (χ2v) is 14.8. The van der Waals surface area contributed by atoms with E-state index in [9.17, 15) is 19.8 Å². The van der Waals surface area contributed by atoms with Crippen molar-refractivity contribution in [3.8, 4) is 11.1 Å². The summed E-state index contributed by atoms with van der Waals surface area (Å²) in [6, 6.07) is 31.6. The molecule has 5 N–H and O–H groups in total. The minimum atomic E-state index is -0.883.